The molecule has 18 heavy (non-hydrogen) atoms. The molecule has 2 nitrogen and oxygen atoms in total. The van der Waals surface area contributed by atoms with Gasteiger partial charge in [0.2, 0.25) is 0 Å². The van der Waals surface area contributed by atoms with Crippen molar-refractivity contribution in [3.05, 3.63) is 63.9 Å². The molecule has 0 heterocycles. The van der Waals surface area contributed by atoms with Gasteiger partial charge in [0.15, 0.2) is 0 Å². The number of aliphatic hydroxyl groups excluding tert-OH is 1. The van der Waals surface area contributed by atoms with E-state index in [0.29, 0.717) is 16.9 Å². The number of ether oxygens (including phenoxy) is 1. The molecule has 1 atom stereocenters. The van der Waals surface area contributed by atoms with Crippen molar-refractivity contribution in [2.75, 3.05) is 7.11 Å². The second-order valence-corrected chi connectivity index (χ2v) is 4.66. The van der Waals surface area contributed by atoms with Crippen LogP contribution in [0.3, 0.4) is 0 Å². The smallest absolute Gasteiger partial charge is 0.125 e. The van der Waals surface area contributed by atoms with Gasteiger partial charge in [0.1, 0.15) is 17.7 Å². The minimum atomic E-state index is -0.939. The van der Waals surface area contributed by atoms with E-state index in [1.54, 1.807) is 6.07 Å². The average molecular weight is 311 g/mol. The van der Waals surface area contributed by atoms with E-state index < -0.39 is 11.9 Å². The summed E-state index contributed by atoms with van der Waals surface area (Å²) in [7, 11) is 1.49. The van der Waals surface area contributed by atoms with Gasteiger partial charge in [-0.3, -0.25) is 0 Å². The van der Waals surface area contributed by atoms with Gasteiger partial charge in [0.25, 0.3) is 0 Å². The Morgan fingerprint density at radius 3 is 2.56 bits per heavy atom. The van der Waals surface area contributed by atoms with Crippen LogP contribution in [0.5, 0.6) is 5.75 Å². The summed E-state index contributed by atoms with van der Waals surface area (Å²) >= 11 is 3.36. The molecule has 0 aliphatic carbocycles. The Labute approximate surface area is 113 Å². The number of hydrogen-bond donors (Lipinski definition) is 1. The first kappa shape index (κ1) is 13.1. The fourth-order valence-corrected chi connectivity index (χ4v) is 2.28. The number of methoxy groups -OCH3 is 1. The average Bonchev–Trinajstić information content (AvgIpc) is 2.38. The minimum Gasteiger partial charge on any atom is -0.496 e. The predicted molar refractivity (Wildman–Crippen MR) is 71.2 cm³/mol. The van der Waals surface area contributed by atoms with Crippen molar-refractivity contribution in [3.63, 3.8) is 0 Å². The monoisotopic (exact) mass is 310 g/mol. The number of halogens is 2. The number of aliphatic hydroxyl groups is 1. The molecule has 2 rings (SSSR count). The molecule has 0 amide bonds. The summed E-state index contributed by atoms with van der Waals surface area (Å²) in [5, 5.41) is 10.3. The molecule has 0 saturated carbocycles. The Kier molecular flexibility index (Phi) is 3.99. The lowest BCUT2D eigenvalue weighted by Gasteiger charge is -2.16. The maximum atomic E-state index is 13.3. The lowest BCUT2D eigenvalue weighted by Crippen LogP contribution is -2.03. The Morgan fingerprint density at radius 2 is 1.89 bits per heavy atom. The molecule has 0 aliphatic heterocycles. The zero-order chi connectivity index (χ0) is 13.1. The molecule has 0 aliphatic rings. The zero-order valence-corrected chi connectivity index (χ0v) is 11.3. The predicted octanol–water partition coefficient (Wildman–Crippen LogP) is 3.68. The van der Waals surface area contributed by atoms with E-state index >= 15 is 0 Å². The van der Waals surface area contributed by atoms with E-state index in [4.69, 9.17) is 4.74 Å². The third kappa shape index (κ3) is 2.54. The summed E-state index contributed by atoms with van der Waals surface area (Å²) in [6.07, 6.45) is -0.939. The van der Waals surface area contributed by atoms with Gasteiger partial charge in [-0.05, 0) is 29.8 Å². The highest BCUT2D eigenvalue weighted by Gasteiger charge is 2.18. The fraction of sp³-hybridized carbons (Fsp3) is 0.143. The SMILES string of the molecule is COc1ccc(F)cc1[C@@H](O)c1ccccc1Br. The number of hydrogen-bond acceptors (Lipinski definition) is 2. The maximum Gasteiger partial charge on any atom is 0.125 e. The quantitative estimate of drug-likeness (QED) is 0.937. The summed E-state index contributed by atoms with van der Waals surface area (Å²) in [4.78, 5) is 0. The van der Waals surface area contributed by atoms with Crippen LogP contribution in [-0.4, -0.2) is 12.2 Å². The normalized spacial score (nSPS) is 12.2. The lowest BCUT2D eigenvalue weighted by molar-refractivity contribution is 0.213. The van der Waals surface area contributed by atoms with Crippen molar-refractivity contribution in [2.45, 2.75) is 6.10 Å². The van der Waals surface area contributed by atoms with Gasteiger partial charge < -0.3 is 9.84 Å². The first-order valence-corrected chi connectivity index (χ1v) is 6.18. The molecule has 2 aromatic rings. The number of benzene rings is 2. The van der Waals surface area contributed by atoms with Crippen LogP contribution in [0.1, 0.15) is 17.2 Å². The Hall–Kier alpha value is -1.39. The Balaban J connectivity index is 2.48. The maximum absolute atomic E-state index is 13.3. The molecule has 0 aromatic heterocycles. The molecule has 4 heteroatoms. The Morgan fingerprint density at radius 1 is 1.17 bits per heavy atom. The van der Waals surface area contributed by atoms with Crippen LogP contribution in [0.15, 0.2) is 46.9 Å². The molecule has 0 radical (unpaired) electrons. The summed E-state index contributed by atoms with van der Waals surface area (Å²) in [5.41, 5.74) is 1.07. The highest BCUT2D eigenvalue weighted by atomic mass is 79.9. The highest BCUT2D eigenvalue weighted by Crippen LogP contribution is 2.33. The van der Waals surface area contributed by atoms with E-state index in [9.17, 15) is 9.50 Å². The van der Waals surface area contributed by atoms with Crippen LogP contribution < -0.4 is 4.74 Å². The van der Waals surface area contributed by atoms with Crippen molar-refractivity contribution in [1.29, 1.82) is 0 Å². The standard InChI is InChI=1S/C14H12BrFO2/c1-18-13-7-6-9(16)8-11(13)14(17)10-4-2-3-5-12(10)15/h2-8,14,17H,1H3/t14-/m0/s1. The molecule has 0 unspecified atom stereocenters. The molecule has 1 N–H and O–H groups in total. The van der Waals surface area contributed by atoms with Gasteiger partial charge in [-0.2, -0.15) is 0 Å². The van der Waals surface area contributed by atoms with Gasteiger partial charge in [-0.1, -0.05) is 34.1 Å². The molecule has 0 saturated heterocycles. The topological polar surface area (TPSA) is 29.5 Å². The van der Waals surface area contributed by atoms with Crippen molar-refractivity contribution >= 4 is 15.9 Å². The van der Waals surface area contributed by atoms with Gasteiger partial charge in [0, 0.05) is 10.0 Å². The van der Waals surface area contributed by atoms with Crippen LogP contribution in [0.2, 0.25) is 0 Å². The van der Waals surface area contributed by atoms with E-state index in [0.717, 1.165) is 4.47 Å². The molecular weight excluding hydrogens is 299 g/mol. The van der Waals surface area contributed by atoms with Crippen molar-refractivity contribution in [1.82, 2.24) is 0 Å². The zero-order valence-electron chi connectivity index (χ0n) is 9.73. The van der Waals surface area contributed by atoms with Crippen LogP contribution in [-0.2, 0) is 0 Å². The molecule has 2 aromatic carbocycles. The van der Waals surface area contributed by atoms with Gasteiger partial charge in [-0.15, -0.1) is 0 Å². The fourth-order valence-electron chi connectivity index (χ4n) is 1.78. The van der Waals surface area contributed by atoms with E-state index in [1.165, 1.54) is 25.3 Å². The van der Waals surface area contributed by atoms with Crippen molar-refractivity contribution < 1.29 is 14.2 Å². The Bertz CT molecular complexity index is 557. The minimum absolute atomic E-state index is 0.406. The molecule has 0 fully saturated rings. The summed E-state index contributed by atoms with van der Waals surface area (Å²) in [6, 6.07) is 11.4. The third-order valence-electron chi connectivity index (χ3n) is 2.69. The van der Waals surface area contributed by atoms with Crippen LogP contribution in [0.4, 0.5) is 4.39 Å². The first-order valence-electron chi connectivity index (χ1n) is 5.39. The van der Waals surface area contributed by atoms with Gasteiger partial charge in [-0.25, -0.2) is 4.39 Å². The summed E-state index contributed by atoms with van der Waals surface area (Å²) in [6.45, 7) is 0. The van der Waals surface area contributed by atoms with Crippen LogP contribution >= 0.6 is 15.9 Å². The van der Waals surface area contributed by atoms with Crippen molar-refractivity contribution in [3.8, 4) is 5.75 Å². The summed E-state index contributed by atoms with van der Waals surface area (Å²) in [5.74, 6) is 0.0524. The van der Waals surface area contributed by atoms with Gasteiger partial charge in [0.05, 0.1) is 7.11 Å². The van der Waals surface area contributed by atoms with Crippen molar-refractivity contribution in [2.24, 2.45) is 0 Å². The highest BCUT2D eigenvalue weighted by molar-refractivity contribution is 9.10. The second-order valence-electron chi connectivity index (χ2n) is 3.81. The third-order valence-corrected chi connectivity index (χ3v) is 3.41. The largest absolute Gasteiger partial charge is 0.496 e. The van der Waals surface area contributed by atoms with Gasteiger partial charge >= 0.3 is 0 Å². The second kappa shape index (κ2) is 5.50. The lowest BCUT2D eigenvalue weighted by atomic mass is 10.0. The van der Waals surface area contributed by atoms with E-state index in [-0.39, 0.29) is 0 Å². The first-order chi connectivity index (χ1) is 8.63. The van der Waals surface area contributed by atoms with Crippen LogP contribution in [0.25, 0.3) is 0 Å². The molecular formula is C14H12BrFO2. The summed E-state index contributed by atoms with van der Waals surface area (Å²) < 4.78 is 19.2. The molecule has 0 bridgehead atoms. The van der Waals surface area contributed by atoms with Crippen LogP contribution in [0, 0.1) is 5.82 Å². The molecule has 94 valence electrons. The van der Waals surface area contributed by atoms with E-state index in [2.05, 4.69) is 15.9 Å². The van der Waals surface area contributed by atoms with E-state index in [1.807, 2.05) is 18.2 Å². The molecule has 0 spiro atoms. The number of rotatable bonds is 3.